The molecule has 12 heteroatoms. The minimum Gasteiger partial charge on any atom is -0.406 e. The first-order chi connectivity index (χ1) is 15.7. The summed E-state index contributed by atoms with van der Waals surface area (Å²) in [5.41, 5.74) is 7.86. The minimum atomic E-state index is -4.78. The SMILES string of the molecule is Nc1ccccc1NC(=O)c1nc2c(s1)CN(C(=O)Nc1ccc(OC(F)(F)F)cc1)CC2. The summed E-state index contributed by atoms with van der Waals surface area (Å²) in [7, 11) is 0. The van der Waals surface area contributed by atoms with Crippen molar-refractivity contribution < 1.29 is 27.5 Å². The molecule has 172 valence electrons. The van der Waals surface area contributed by atoms with Gasteiger partial charge in [-0.05, 0) is 36.4 Å². The van der Waals surface area contributed by atoms with Gasteiger partial charge in [-0.15, -0.1) is 24.5 Å². The number of fused-ring (bicyclic) bond motifs is 1. The van der Waals surface area contributed by atoms with E-state index >= 15 is 0 Å². The lowest BCUT2D eigenvalue weighted by atomic mass is 10.2. The van der Waals surface area contributed by atoms with Gasteiger partial charge in [0.2, 0.25) is 0 Å². The van der Waals surface area contributed by atoms with E-state index in [1.165, 1.54) is 28.4 Å². The number of ether oxygens (including phenoxy) is 1. The molecule has 0 unspecified atom stereocenters. The van der Waals surface area contributed by atoms with E-state index in [-0.39, 0.29) is 23.2 Å². The van der Waals surface area contributed by atoms with Crippen molar-refractivity contribution in [3.8, 4) is 5.75 Å². The number of carbonyl (C=O) groups is 2. The molecule has 0 saturated carbocycles. The van der Waals surface area contributed by atoms with Crippen LogP contribution in [-0.2, 0) is 13.0 Å². The van der Waals surface area contributed by atoms with Crippen molar-refractivity contribution in [1.29, 1.82) is 0 Å². The van der Waals surface area contributed by atoms with Crippen LogP contribution < -0.4 is 21.1 Å². The summed E-state index contributed by atoms with van der Waals surface area (Å²) in [6, 6.07) is 11.3. The van der Waals surface area contributed by atoms with Gasteiger partial charge in [0.05, 0.1) is 23.6 Å². The molecule has 0 radical (unpaired) electrons. The Kier molecular flexibility index (Phi) is 6.09. The monoisotopic (exact) mass is 477 g/mol. The molecular formula is C21H18F3N5O3S. The normalized spacial score (nSPS) is 13.2. The number of nitrogens with two attached hydrogens (primary N) is 1. The summed E-state index contributed by atoms with van der Waals surface area (Å²) >= 11 is 1.19. The fraction of sp³-hybridized carbons (Fsp3) is 0.190. The van der Waals surface area contributed by atoms with Crippen molar-refractivity contribution in [2.45, 2.75) is 19.3 Å². The van der Waals surface area contributed by atoms with E-state index in [4.69, 9.17) is 5.73 Å². The van der Waals surface area contributed by atoms with Crippen LogP contribution in [0.1, 0.15) is 20.4 Å². The highest BCUT2D eigenvalue weighted by molar-refractivity contribution is 7.13. The quantitative estimate of drug-likeness (QED) is 0.481. The minimum absolute atomic E-state index is 0.259. The van der Waals surface area contributed by atoms with Crippen LogP contribution in [0.2, 0.25) is 0 Å². The van der Waals surface area contributed by atoms with Gasteiger partial charge >= 0.3 is 12.4 Å². The number of hydrogen-bond acceptors (Lipinski definition) is 6. The van der Waals surface area contributed by atoms with Gasteiger partial charge in [-0.25, -0.2) is 9.78 Å². The van der Waals surface area contributed by atoms with Gasteiger partial charge < -0.3 is 26.0 Å². The molecular weight excluding hydrogens is 459 g/mol. The first-order valence-electron chi connectivity index (χ1n) is 9.74. The molecule has 0 aliphatic carbocycles. The van der Waals surface area contributed by atoms with E-state index in [0.717, 1.165) is 22.7 Å². The Morgan fingerprint density at radius 2 is 1.82 bits per heavy atom. The van der Waals surface area contributed by atoms with Crippen LogP contribution in [0.4, 0.5) is 35.0 Å². The zero-order valence-electron chi connectivity index (χ0n) is 17.0. The highest BCUT2D eigenvalue weighted by atomic mass is 32.1. The standard InChI is InChI=1S/C21H18F3N5O3S/c22-21(23,24)32-13-7-5-12(6-8-13)26-20(31)29-10-9-16-17(11-29)33-19(28-16)18(30)27-15-4-2-1-3-14(15)25/h1-8H,9-11,25H2,(H,26,31)(H,27,30). The Bertz CT molecular complexity index is 1180. The molecule has 0 fully saturated rings. The smallest absolute Gasteiger partial charge is 0.406 e. The van der Waals surface area contributed by atoms with E-state index in [0.29, 0.717) is 30.0 Å². The number of amides is 3. The number of aromatic nitrogens is 1. The zero-order valence-corrected chi connectivity index (χ0v) is 17.8. The molecule has 3 amide bonds. The number of carbonyl (C=O) groups excluding carboxylic acids is 2. The molecule has 2 heterocycles. The Morgan fingerprint density at radius 1 is 1.09 bits per heavy atom. The predicted octanol–water partition coefficient (Wildman–Crippen LogP) is 4.47. The summed E-state index contributed by atoms with van der Waals surface area (Å²) in [6.07, 6.45) is -4.31. The molecule has 0 atom stereocenters. The van der Waals surface area contributed by atoms with Crippen molar-refractivity contribution in [3.05, 3.63) is 64.1 Å². The third-order valence-corrected chi connectivity index (χ3v) is 5.84. The number of nitrogens with one attached hydrogen (secondary N) is 2. The van der Waals surface area contributed by atoms with E-state index in [1.807, 2.05) is 0 Å². The molecule has 33 heavy (non-hydrogen) atoms. The number of urea groups is 1. The van der Waals surface area contributed by atoms with Crippen LogP contribution in [0.3, 0.4) is 0 Å². The zero-order chi connectivity index (χ0) is 23.6. The number of hydrogen-bond donors (Lipinski definition) is 3. The van der Waals surface area contributed by atoms with Gasteiger partial charge in [0.25, 0.3) is 5.91 Å². The number of alkyl halides is 3. The average Bonchev–Trinajstić information content (AvgIpc) is 3.19. The van der Waals surface area contributed by atoms with E-state index in [1.54, 1.807) is 24.3 Å². The topological polar surface area (TPSA) is 110 Å². The highest BCUT2D eigenvalue weighted by Crippen LogP contribution is 2.28. The number of anilines is 3. The second-order valence-electron chi connectivity index (χ2n) is 7.10. The molecule has 2 aromatic carbocycles. The Morgan fingerprint density at radius 3 is 2.52 bits per heavy atom. The first-order valence-corrected chi connectivity index (χ1v) is 10.6. The van der Waals surface area contributed by atoms with Crippen LogP contribution in [0.15, 0.2) is 48.5 Å². The second kappa shape index (κ2) is 8.98. The van der Waals surface area contributed by atoms with Gasteiger partial charge in [0.15, 0.2) is 5.01 Å². The Balaban J connectivity index is 1.37. The van der Waals surface area contributed by atoms with Gasteiger partial charge in [-0.1, -0.05) is 12.1 Å². The number of para-hydroxylation sites is 2. The van der Waals surface area contributed by atoms with Crippen LogP contribution in [0, 0.1) is 0 Å². The average molecular weight is 477 g/mol. The molecule has 1 aliphatic rings. The summed E-state index contributed by atoms with van der Waals surface area (Å²) < 4.78 is 40.6. The van der Waals surface area contributed by atoms with Crippen molar-refractivity contribution in [2.75, 3.05) is 22.9 Å². The van der Waals surface area contributed by atoms with Gasteiger partial charge in [0.1, 0.15) is 5.75 Å². The molecule has 0 bridgehead atoms. The number of rotatable bonds is 4. The van der Waals surface area contributed by atoms with Crippen molar-refractivity contribution >= 4 is 40.3 Å². The lowest BCUT2D eigenvalue weighted by molar-refractivity contribution is -0.274. The van der Waals surface area contributed by atoms with Crippen LogP contribution in [-0.4, -0.2) is 34.7 Å². The van der Waals surface area contributed by atoms with Gasteiger partial charge in [-0.2, -0.15) is 0 Å². The number of halogens is 3. The molecule has 0 spiro atoms. The van der Waals surface area contributed by atoms with Crippen molar-refractivity contribution in [1.82, 2.24) is 9.88 Å². The maximum absolute atomic E-state index is 12.6. The number of nitrogens with zero attached hydrogens (tertiary/aromatic N) is 2. The summed E-state index contributed by atoms with van der Waals surface area (Å²) in [6.45, 7) is 0.638. The van der Waals surface area contributed by atoms with Crippen LogP contribution in [0.5, 0.6) is 5.75 Å². The molecule has 1 aromatic heterocycles. The largest absolute Gasteiger partial charge is 0.573 e. The number of benzene rings is 2. The van der Waals surface area contributed by atoms with Crippen molar-refractivity contribution in [2.24, 2.45) is 0 Å². The molecule has 4 N–H and O–H groups in total. The summed E-state index contributed by atoms with van der Waals surface area (Å²) in [5.74, 6) is -0.764. The van der Waals surface area contributed by atoms with E-state index in [2.05, 4.69) is 20.4 Å². The molecule has 8 nitrogen and oxygen atoms in total. The molecule has 1 aliphatic heterocycles. The predicted molar refractivity (Wildman–Crippen MR) is 117 cm³/mol. The third-order valence-electron chi connectivity index (χ3n) is 4.76. The van der Waals surface area contributed by atoms with Crippen molar-refractivity contribution in [3.63, 3.8) is 0 Å². The Hall–Kier alpha value is -3.80. The van der Waals surface area contributed by atoms with Gasteiger partial charge in [-0.3, -0.25) is 4.79 Å². The second-order valence-corrected chi connectivity index (χ2v) is 8.19. The fourth-order valence-corrected chi connectivity index (χ4v) is 4.21. The fourth-order valence-electron chi connectivity index (χ4n) is 3.20. The third kappa shape index (κ3) is 5.52. The molecule has 0 saturated heterocycles. The van der Waals surface area contributed by atoms with Crippen LogP contribution >= 0.6 is 11.3 Å². The maximum Gasteiger partial charge on any atom is 0.573 e. The summed E-state index contributed by atoms with van der Waals surface area (Å²) in [5, 5.41) is 5.64. The van der Waals surface area contributed by atoms with Gasteiger partial charge in [0, 0.05) is 23.5 Å². The number of thiazole rings is 1. The van der Waals surface area contributed by atoms with E-state index in [9.17, 15) is 22.8 Å². The Labute approximate surface area is 190 Å². The van der Waals surface area contributed by atoms with E-state index < -0.39 is 12.4 Å². The lowest BCUT2D eigenvalue weighted by Crippen LogP contribution is -2.38. The number of nitrogen functional groups attached to an aromatic ring is 1. The van der Waals surface area contributed by atoms with Crippen LogP contribution in [0.25, 0.3) is 0 Å². The summed E-state index contributed by atoms with van der Waals surface area (Å²) in [4.78, 5) is 31.9. The molecule has 4 rings (SSSR count). The lowest BCUT2D eigenvalue weighted by Gasteiger charge is -2.26. The maximum atomic E-state index is 12.6. The highest BCUT2D eigenvalue weighted by Gasteiger charge is 2.31. The molecule has 3 aromatic rings. The first kappa shape index (κ1) is 22.4.